The first-order chi connectivity index (χ1) is 17.9. The SMILES string of the molecule is C1=Cc2ccc3c4c(ccc1c24)N1B2N(c4cccc5cccc1c45)c1cccc4cccc(c14)N23. The van der Waals surface area contributed by atoms with Gasteiger partial charge in [-0.2, -0.15) is 0 Å². The Labute approximate surface area is 208 Å². The van der Waals surface area contributed by atoms with Gasteiger partial charge >= 0.3 is 7.12 Å². The summed E-state index contributed by atoms with van der Waals surface area (Å²) in [5.74, 6) is 0. The van der Waals surface area contributed by atoms with Gasteiger partial charge in [0.2, 0.25) is 0 Å². The third kappa shape index (κ3) is 1.80. The minimum atomic E-state index is -0.0212. The summed E-state index contributed by atoms with van der Waals surface area (Å²) in [5.41, 5.74) is 10.3. The lowest BCUT2D eigenvalue weighted by atomic mass is 9.70. The predicted molar refractivity (Wildman–Crippen MR) is 153 cm³/mol. The molecule has 4 aliphatic rings. The summed E-state index contributed by atoms with van der Waals surface area (Å²) in [6, 6.07) is 36.2. The fourth-order valence-corrected chi connectivity index (χ4v) is 7.26. The molecule has 0 bridgehead atoms. The van der Waals surface area contributed by atoms with Gasteiger partial charge in [-0.25, -0.2) is 0 Å². The van der Waals surface area contributed by atoms with Gasteiger partial charge in [0.05, 0.1) is 0 Å². The highest BCUT2D eigenvalue weighted by molar-refractivity contribution is 6.80. The second-order valence-corrected chi connectivity index (χ2v) is 10.2. The molecule has 0 aromatic heterocycles. The highest BCUT2D eigenvalue weighted by Crippen LogP contribution is 2.59. The van der Waals surface area contributed by atoms with Gasteiger partial charge in [0.15, 0.2) is 0 Å². The lowest BCUT2D eigenvalue weighted by Gasteiger charge is -2.54. The number of rotatable bonds is 0. The summed E-state index contributed by atoms with van der Waals surface area (Å²) in [6.07, 6.45) is 4.52. The number of fused-ring (bicyclic) bond motifs is 6. The van der Waals surface area contributed by atoms with Crippen molar-refractivity contribution in [2.75, 3.05) is 14.4 Å². The van der Waals surface area contributed by atoms with Crippen LogP contribution in [0.15, 0.2) is 97.1 Å². The molecule has 6 aromatic rings. The van der Waals surface area contributed by atoms with E-state index >= 15 is 0 Å². The van der Waals surface area contributed by atoms with Crippen LogP contribution in [0.1, 0.15) is 11.1 Å². The number of nitrogens with zero attached hydrogens (tertiary/aromatic N) is 3. The van der Waals surface area contributed by atoms with E-state index in [0.717, 1.165) is 0 Å². The van der Waals surface area contributed by atoms with E-state index in [9.17, 15) is 0 Å². The summed E-state index contributed by atoms with van der Waals surface area (Å²) in [7, 11) is -0.0212. The van der Waals surface area contributed by atoms with Gasteiger partial charge in [0, 0.05) is 55.7 Å². The predicted octanol–water partition coefficient (Wildman–Crippen LogP) is 8.37. The van der Waals surface area contributed by atoms with Crippen LogP contribution in [0, 0.1) is 0 Å². The molecule has 0 saturated carbocycles. The zero-order valence-corrected chi connectivity index (χ0v) is 19.3. The van der Waals surface area contributed by atoms with E-state index in [0.29, 0.717) is 0 Å². The Bertz CT molecular complexity index is 1890. The zero-order chi connectivity index (χ0) is 23.1. The Morgan fingerprint density at radius 1 is 0.361 bits per heavy atom. The van der Waals surface area contributed by atoms with E-state index in [1.807, 2.05) is 0 Å². The normalized spacial score (nSPS) is 15.4. The van der Waals surface area contributed by atoms with E-state index in [2.05, 4.69) is 124 Å². The summed E-state index contributed by atoms with van der Waals surface area (Å²) in [4.78, 5) is 7.73. The topological polar surface area (TPSA) is 9.72 Å². The second kappa shape index (κ2) is 5.75. The van der Waals surface area contributed by atoms with Gasteiger partial charge in [-0.15, -0.1) is 0 Å². The molecule has 3 nitrogen and oxygen atoms in total. The molecule has 3 aliphatic heterocycles. The van der Waals surface area contributed by atoms with Crippen LogP contribution >= 0.6 is 0 Å². The fraction of sp³-hybridized carbons (Fsp3) is 0. The monoisotopic (exact) mass is 455 g/mol. The molecule has 36 heavy (non-hydrogen) atoms. The molecular weight excluding hydrogens is 437 g/mol. The maximum Gasteiger partial charge on any atom is 0.519 e. The van der Waals surface area contributed by atoms with E-state index < -0.39 is 0 Å². The van der Waals surface area contributed by atoms with Gasteiger partial charge in [-0.3, -0.25) is 0 Å². The van der Waals surface area contributed by atoms with Crippen LogP contribution in [0.2, 0.25) is 0 Å². The second-order valence-electron chi connectivity index (χ2n) is 10.2. The summed E-state index contributed by atoms with van der Waals surface area (Å²) in [6.45, 7) is 0. The van der Waals surface area contributed by atoms with E-state index in [1.165, 1.54) is 77.6 Å². The maximum atomic E-state index is 2.58. The molecule has 0 saturated heterocycles. The first-order valence-electron chi connectivity index (χ1n) is 12.6. The van der Waals surface area contributed by atoms with Crippen molar-refractivity contribution < 1.29 is 0 Å². The lowest BCUT2D eigenvalue weighted by Crippen LogP contribution is -2.64. The van der Waals surface area contributed by atoms with E-state index in [1.54, 1.807) is 0 Å². The van der Waals surface area contributed by atoms with Gasteiger partial charge in [-0.05, 0) is 58.3 Å². The molecule has 164 valence electrons. The van der Waals surface area contributed by atoms with Crippen LogP contribution in [0.5, 0.6) is 0 Å². The lowest BCUT2D eigenvalue weighted by molar-refractivity contribution is 1.18. The number of benzene rings is 6. The Hall–Kier alpha value is -4.70. The Kier molecular flexibility index (Phi) is 2.82. The van der Waals surface area contributed by atoms with Crippen molar-refractivity contribution in [2.24, 2.45) is 0 Å². The number of hydrogen-bond acceptors (Lipinski definition) is 3. The molecular formula is C32H18BN3. The first kappa shape index (κ1) is 17.7. The maximum absolute atomic E-state index is 2.58. The smallest absolute Gasteiger partial charge is 0.344 e. The molecule has 3 heterocycles. The highest BCUT2D eigenvalue weighted by atomic mass is 15.4. The van der Waals surface area contributed by atoms with Gasteiger partial charge in [-0.1, -0.05) is 72.8 Å². The van der Waals surface area contributed by atoms with Crippen LogP contribution in [0.25, 0.3) is 44.5 Å². The van der Waals surface area contributed by atoms with Crippen molar-refractivity contribution in [1.82, 2.24) is 0 Å². The summed E-state index contributed by atoms with van der Waals surface area (Å²) < 4.78 is 0. The molecule has 0 unspecified atom stereocenters. The fourth-order valence-electron chi connectivity index (χ4n) is 7.26. The van der Waals surface area contributed by atoms with E-state index in [4.69, 9.17) is 0 Å². The largest absolute Gasteiger partial charge is 0.519 e. The molecule has 0 spiro atoms. The zero-order valence-electron chi connectivity index (χ0n) is 19.3. The van der Waals surface area contributed by atoms with Crippen molar-refractivity contribution in [3.05, 3.63) is 108 Å². The molecule has 0 atom stereocenters. The molecule has 6 aromatic carbocycles. The minimum Gasteiger partial charge on any atom is -0.344 e. The molecule has 4 heteroatoms. The standard InChI is InChI=1S/C32H18BN3/c1-5-19-7-3-11-25-30(19)23(9-1)34-24-10-2-6-20-8-4-12-26(31(20)24)36-28-18-16-22-14-13-21-15-17-27(32(28)29(21)22)35(25)33(34)36/h1-18H. The van der Waals surface area contributed by atoms with E-state index in [-0.39, 0.29) is 7.12 Å². The molecule has 0 amide bonds. The number of anilines is 6. The summed E-state index contributed by atoms with van der Waals surface area (Å²) in [5, 5.41) is 7.90. The van der Waals surface area contributed by atoms with Crippen LogP contribution in [-0.2, 0) is 0 Å². The summed E-state index contributed by atoms with van der Waals surface area (Å²) >= 11 is 0. The van der Waals surface area contributed by atoms with Crippen molar-refractivity contribution in [2.45, 2.75) is 0 Å². The number of hydrogen-bond donors (Lipinski definition) is 0. The average Bonchev–Trinajstić information content (AvgIpc) is 3.36. The third-order valence-electron chi connectivity index (χ3n) is 8.60. The van der Waals surface area contributed by atoms with Gasteiger partial charge in [0.1, 0.15) is 0 Å². The first-order valence-corrected chi connectivity index (χ1v) is 12.6. The third-order valence-corrected chi connectivity index (χ3v) is 8.60. The Balaban J connectivity index is 1.48. The van der Waals surface area contributed by atoms with Gasteiger partial charge in [0.25, 0.3) is 0 Å². The van der Waals surface area contributed by atoms with Crippen molar-refractivity contribution in [3.63, 3.8) is 0 Å². The molecule has 0 radical (unpaired) electrons. The average molecular weight is 455 g/mol. The molecule has 0 N–H and O–H groups in total. The van der Waals surface area contributed by atoms with Crippen LogP contribution in [-0.4, -0.2) is 7.12 Å². The van der Waals surface area contributed by atoms with Crippen LogP contribution in [0.3, 0.4) is 0 Å². The molecule has 1 aliphatic carbocycles. The Morgan fingerprint density at radius 2 is 0.750 bits per heavy atom. The minimum absolute atomic E-state index is 0.0212. The Morgan fingerprint density at radius 3 is 1.17 bits per heavy atom. The van der Waals surface area contributed by atoms with Gasteiger partial charge < -0.3 is 14.4 Å². The highest BCUT2D eigenvalue weighted by Gasteiger charge is 2.52. The van der Waals surface area contributed by atoms with Crippen LogP contribution in [0.4, 0.5) is 34.1 Å². The molecule has 10 rings (SSSR count). The van der Waals surface area contributed by atoms with Crippen molar-refractivity contribution in [1.29, 1.82) is 0 Å². The van der Waals surface area contributed by atoms with Crippen LogP contribution < -0.4 is 14.4 Å². The van der Waals surface area contributed by atoms with Crippen molar-refractivity contribution in [3.8, 4) is 0 Å². The molecule has 0 fully saturated rings. The quantitative estimate of drug-likeness (QED) is 0.213. The van der Waals surface area contributed by atoms with Crippen molar-refractivity contribution >= 4 is 85.7 Å².